The van der Waals surface area contributed by atoms with Gasteiger partial charge in [-0.25, -0.2) is 8.42 Å². The van der Waals surface area contributed by atoms with Gasteiger partial charge in [0.1, 0.15) is 0 Å². The molecule has 1 N–H and O–H groups in total. The van der Waals surface area contributed by atoms with E-state index in [1.165, 1.54) is 7.11 Å². The van der Waals surface area contributed by atoms with Crippen molar-refractivity contribution in [2.75, 3.05) is 25.2 Å². The van der Waals surface area contributed by atoms with Crippen LogP contribution in [0.4, 0.5) is 0 Å². The van der Waals surface area contributed by atoms with Crippen LogP contribution in [-0.2, 0) is 19.4 Å². The number of ether oxygens (including phenoxy) is 1. The van der Waals surface area contributed by atoms with E-state index in [2.05, 4.69) is 10.1 Å². The Morgan fingerprint density at radius 3 is 2.47 bits per heavy atom. The van der Waals surface area contributed by atoms with Crippen LogP contribution in [-0.4, -0.2) is 45.6 Å². The monoisotopic (exact) mass is 265 g/mol. The molecule has 0 saturated heterocycles. The van der Waals surface area contributed by atoms with Gasteiger partial charge in [0.05, 0.1) is 25.0 Å². The average Bonchev–Trinajstić information content (AvgIpc) is 2.31. The number of sulfone groups is 1. The summed E-state index contributed by atoms with van der Waals surface area (Å²) in [6.45, 7) is 4.79. The molecule has 0 aromatic rings. The van der Waals surface area contributed by atoms with Crippen LogP contribution in [0.3, 0.4) is 0 Å². The van der Waals surface area contributed by atoms with Crippen LogP contribution in [0.15, 0.2) is 0 Å². The van der Waals surface area contributed by atoms with E-state index >= 15 is 0 Å². The quantitative estimate of drug-likeness (QED) is 0.623. The van der Waals surface area contributed by atoms with Crippen molar-refractivity contribution in [1.82, 2.24) is 5.32 Å². The van der Waals surface area contributed by atoms with Gasteiger partial charge in [-0.15, -0.1) is 0 Å². The molecule has 0 saturated carbocycles. The van der Waals surface area contributed by atoms with Gasteiger partial charge in [0, 0.05) is 6.04 Å². The summed E-state index contributed by atoms with van der Waals surface area (Å²) in [5, 5.41) is 3.18. The lowest BCUT2D eigenvalue weighted by Crippen LogP contribution is -2.36. The number of hydrogen-bond acceptors (Lipinski definition) is 5. The Morgan fingerprint density at radius 1 is 1.35 bits per heavy atom. The maximum absolute atomic E-state index is 11.7. The Bertz CT molecular complexity index is 313. The molecular formula is C11H23NO4S. The van der Waals surface area contributed by atoms with Crippen LogP contribution in [0, 0.1) is 0 Å². The first kappa shape index (κ1) is 16.4. The highest BCUT2D eigenvalue weighted by Crippen LogP contribution is 2.02. The second-order valence-electron chi connectivity index (χ2n) is 4.00. The van der Waals surface area contributed by atoms with Crippen LogP contribution >= 0.6 is 0 Å². The minimum atomic E-state index is -3.19. The molecule has 0 rings (SSSR count). The second kappa shape index (κ2) is 8.47. The number of esters is 1. The molecule has 0 heterocycles. The second-order valence-corrected chi connectivity index (χ2v) is 6.23. The Labute approximate surface area is 104 Å². The summed E-state index contributed by atoms with van der Waals surface area (Å²) >= 11 is 0. The zero-order valence-corrected chi connectivity index (χ0v) is 11.7. The Balaban J connectivity index is 4.16. The van der Waals surface area contributed by atoms with Crippen molar-refractivity contribution in [2.24, 2.45) is 0 Å². The summed E-state index contributed by atoms with van der Waals surface area (Å²) < 4.78 is 27.9. The van der Waals surface area contributed by atoms with E-state index in [1.54, 1.807) is 0 Å². The third-order valence-corrected chi connectivity index (χ3v) is 4.21. The normalized spacial score (nSPS) is 13.4. The predicted octanol–water partition coefficient (Wildman–Crippen LogP) is 0.743. The molecule has 0 fully saturated rings. The van der Waals surface area contributed by atoms with Crippen molar-refractivity contribution in [2.45, 2.75) is 39.2 Å². The first-order chi connectivity index (χ1) is 7.95. The maximum Gasteiger partial charge on any atom is 0.306 e. The molecule has 0 aliphatic carbocycles. The molecule has 1 unspecified atom stereocenters. The number of nitrogens with one attached hydrogen (secondary N) is 1. The van der Waals surface area contributed by atoms with Crippen molar-refractivity contribution >= 4 is 15.8 Å². The summed E-state index contributed by atoms with van der Waals surface area (Å²) in [4.78, 5) is 10.9. The van der Waals surface area contributed by atoms with Crippen molar-refractivity contribution < 1.29 is 17.9 Å². The van der Waals surface area contributed by atoms with Gasteiger partial charge in [0.25, 0.3) is 0 Å². The third kappa shape index (κ3) is 8.15. The van der Waals surface area contributed by atoms with Gasteiger partial charge in [-0.2, -0.15) is 0 Å². The lowest BCUT2D eigenvalue weighted by molar-refractivity contribution is -0.140. The van der Waals surface area contributed by atoms with Gasteiger partial charge < -0.3 is 10.1 Å². The van der Waals surface area contributed by atoms with Crippen molar-refractivity contribution in [3.8, 4) is 0 Å². The SMILES string of the molecule is CCCNC(CC)CS(=O)(=O)CCC(=O)OC. The number of carbonyl (C=O) groups is 1. The highest BCUT2D eigenvalue weighted by molar-refractivity contribution is 7.91. The zero-order chi connectivity index (χ0) is 13.3. The summed E-state index contributed by atoms with van der Waals surface area (Å²) in [7, 11) is -1.94. The molecular weight excluding hydrogens is 242 g/mol. The topological polar surface area (TPSA) is 72.5 Å². The lowest BCUT2D eigenvalue weighted by Gasteiger charge is -2.16. The van der Waals surface area contributed by atoms with Crippen LogP contribution in [0.2, 0.25) is 0 Å². The Hall–Kier alpha value is -0.620. The lowest BCUT2D eigenvalue weighted by atomic mass is 10.2. The van der Waals surface area contributed by atoms with Gasteiger partial charge in [0.15, 0.2) is 9.84 Å². The van der Waals surface area contributed by atoms with E-state index in [1.807, 2.05) is 13.8 Å². The van der Waals surface area contributed by atoms with E-state index in [9.17, 15) is 13.2 Å². The first-order valence-electron chi connectivity index (χ1n) is 5.95. The molecule has 0 spiro atoms. The van der Waals surface area contributed by atoms with Crippen LogP contribution in [0.25, 0.3) is 0 Å². The van der Waals surface area contributed by atoms with Crippen LogP contribution < -0.4 is 5.32 Å². The molecule has 0 aliphatic heterocycles. The van der Waals surface area contributed by atoms with E-state index < -0.39 is 15.8 Å². The highest BCUT2D eigenvalue weighted by Gasteiger charge is 2.18. The fourth-order valence-electron chi connectivity index (χ4n) is 1.40. The largest absolute Gasteiger partial charge is 0.469 e. The summed E-state index contributed by atoms with van der Waals surface area (Å²) in [6, 6.07) is -0.0300. The van der Waals surface area contributed by atoms with Crippen molar-refractivity contribution in [3.05, 3.63) is 0 Å². The minimum Gasteiger partial charge on any atom is -0.469 e. The summed E-state index contributed by atoms with van der Waals surface area (Å²) in [6.07, 6.45) is 1.67. The Morgan fingerprint density at radius 2 is 2.00 bits per heavy atom. The molecule has 0 aromatic carbocycles. The molecule has 5 nitrogen and oxygen atoms in total. The number of hydrogen-bond donors (Lipinski definition) is 1. The van der Waals surface area contributed by atoms with Crippen molar-refractivity contribution in [3.63, 3.8) is 0 Å². The molecule has 0 aliphatic rings. The number of methoxy groups -OCH3 is 1. The molecule has 0 amide bonds. The first-order valence-corrected chi connectivity index (χ1v) is 7.78. The smallest absolute Gasteiger partial charge is 0.306 e. The zero-order valence-electron chi connectivity index (χ0n) is 10.9. The third-order valence-electron chi connectivity index (χ3n) is 2.48. The van der Waals surface area contributed by atoms with Gasteiger partial charge in [-0.05, 0) is 19.4 Å². The summed E-state index contributed by atoms with van der Waals surface area (Å²) in [5.74, 6) is -0.534. The van der Waals surface area contributed by atoms with E-state index in [0.29, 0.717) is 0 Å². The fraction of sp³-hybridized carbons (Fsp3) is 0.909. The number of carbonyl (C=O) groups excluding carboxylic acids is 1. The van der Waals surface area contributed by atoms with Crippen molar-refractivity contribution in [1.29, 1.82) is 0 Å². The molecule has 17 heavy (non-hydrogen) atoms. The van der Waals surface area contributed by atoms with Gasteiger partial charge in [0.2, 0.25) is 0 Å². The predicted molar refractivity (Wildman–Crippen MR) is 67.7 cm³/mol. The maximum atomic E-state index is 11.7. The molecule has 102 valence electrons. The van der Waals surface area contributed by atoms with Gasteiger partial charge in [-0.1, -0.05) is 13.8 Å². The van der Waals surface area contributed by atoms with E-state index in [4.69, 9.17) is 0 Å². The average molecular weight is 265 g/mol. The van der Waals surface area contributed by atoms with Gasteiger partial charge in [-0.3, -0.25) is 4.79 Å². The van der Waals surface area contributed by atoms with E-state index in [-0.39, 0.29) is 24.0 Å². The molecule has 0 aromatic heterocycles. The molecule has 0 radical (unpaired) electrons. The standard InChI is InChI=1S/C11H23NO4S/c1-4-7-12-10(5-2)9-17(14,15)8-6-11(13)16-3/h10,12H,4-9H2,1-3H3. The highest BCUT2D eigenvalue weighted by atomic mass is 32.2. The molecule has 0 bridgehead atoms. The summed E-state index contributed by atoms with van der Waals surface area (Å²) in [5.41, 5.74) is 0. The minimum absolute atomic E-state index is 0.0300. The van der Waals surface area contributed by atoms with Crippen LogP contribution in [0.1, 0.15) is 33.1 Å². The molecule has 6 heteroatoms. The van der Waals surface area contributed by atoms with E-state index in [0.717, 1.165) is 19.4 Å². The van der Waals surface area contributed by atoms with Gasteiger partial charge >= 0.3 is 5.97 Å². The Kier molecular flexibility index (Phi) is 8.16. The number of rotatable bonds is 9. The van der Waals surface area contributed by atoms with Crippen LogP contribution in [0.5, 0.6) is 0 Å². The molecule has 1 atom stereocenters. The fourth-order valence-corrected chi connectivity index (χ4v) is 3.01.